The van der Waals surface area contributed by atoms with Gasteiger partial charge in [-0.25, -0.2) is 0 Å². The molecule has 1 atom stereocenters. The van der Waals surface area contributed by atoms with Gasteiger partial charge in [-0.2, -0.15) is 0 Å². The summed E-state index contributed by atoms with van der Waals surface area (Å²) in [6, 6.07) is 0. The van der Waals surface area contributed by atoms with Crippen molar-refractivity contribution in [1.82, 2.24) is 9.80 Å². The van der Waals surface area contributed by atoms with Crippen molar-refractivity contribution in [3.63, 3.8) is 0 Å². The van der Waals surface area contributed by atoms with Gasteiger partial charge in [-0.05, 0) is 38.5 Å². The van der Waals surface area contributed by atoms with Gasteiger partial charge in [0, 0.05) is 37.5 Å². The summed E-state index contributed by atoms with van der Waals surface area (Å²) in [4.78, 5) is 28.8. The van der Waals surface area contributed by atoms with E-state index in [0.717, 1.165) is 51.6 Å². The lowest BCUT2D eigenvalue weighted by Gasteiger charge is -2.37. The van der Waals surface area contributed by atoms with Crippen LogP contribution in [0, 0.1) is 5.92 Å². The Morgan fingerprint density at radius 3 is 2.77 bits per heavy atom. The second kappa shape index (κ2) is 6.27. The third kappa shape index (κ3) is 2.71. The van der Waals surface area contributed by atoms with Crippen LogP contribution >= 0.6 is 0 Å². The van der Waals surface area contributed by atoms with Crippen LogP contribution in [-0.4, -0.2) is 46.8 Å². The number of rotatable bonds is 3. The molecule has 0 unspecified atom stereocenters. The molecule has 22 heavy (non-hydrogen) atoms. The zero-order valence-corrected chi connectivity index (χ0v) is 13.3. The number of carbonyl (C=O) groups is 2. The van der Waals surface area contributed by atoms with Gasteiger partial charge in [-0.15, -0.1) is 6.58 Å². The number of likely N-dealkylation sites (tertiary alicyclic amines) is 2. The summed E-state index contributed by atoms with van der Waals surface area (Å²) in [6.45, 7) is 6.06. The molecule has 2 amide bonds. The molecule has 2 aliphatic heterocycles. The number of nitrogens with zero attached hydrogens (tertiary/aromatic N) is 2. The molecular weight excluding hydrogens is 276 g/mol. The van der Waals surface area contributed by atoms with E-state index in [1.807, 2.05) is 15.9 Å². The average Bonchev–Trinajstić information content (AvgIpc) is 3.08. The van der Waals surface area contributed by atoms with Gasteiger partial charge in [0.15, 0.2) is 0 Å². The third-order valence-electron chi connectivity index (χ3n) is 5.58. The van der Waals surface area contributed by atoms with E-state index in [1.54, 1.807) is 0 Å². The van der Waals surface area contributed by atoms with Gasteiger partial charge in [0.05, 0.1) is 0 Å². The summed E-state index contributed by atoms with van der Waals surface area (Å²) in [7, 11) is 0. The average molecular weight is 302 g/mol. The Morgan fingerprint density at radius 1 is 1.27 bits per heavy atom. The van der Waals surface area contributed by atoms with Crippen LogP contribution in [0.25, 0.3) is 0 Å². The molecule has 0 aromatic rings. The second-order valence-corrected chi connectivity index (χ2v) is 6.84. The quantitative estimate of drug-likeness (QED) is 0.752. The highest BCUT2D eigenvalue weighted by Crippen LogP contribution is 2.39. The molecular formula is C18H26N2O2. The molecule has 0 aromatic heterocycles. The molecule has 1 spiro atoms. The Hall–Kier alpha value is -1.58. The van der Waals surface area contributed by atoms with Crippen LogP contribution in [0.15, 0.2) is 24.8 Å². The van der Waals surface area contributed by atoms with Crippen molar-refractivity contribution in [2.45, 2.75) is 50.5 Å². The molecule has 0 radical (unpaired) electrons. The van der Waals surface area contributed by atoms with Crippen LogP contribution in [0.3, 0.4) is 0 Å². The van der Waals surface area contributed by atoms with Crippen molar-refractivity contribution in [3.05, 3.63) is 24.8 Å². The fraction of sp³-hybridized carbons (Fsp3) is 0.667. The van der Waals surface area contributed by atoms with Gasteiger partial charge in [-0.3, -0.25) is 9.59 Å². The molecule has 1 aliphatic carbocycles. The molecule has 2 fully saturated rings. The van der Waals surface area contributed by atoms with E-state index in [1.165, 1.54) is 0 Å². The Bertz CT molecular complexity index is 491. The fourth-order valence-corrected chi connectivity index (χ4v) is 4.29. The summed E-state index contributed by atoms with van der Waals surface area (Å²) in [5.41, 5.74) is -0.0335. The summed E-state index contributed by atoms with van der Waals surface area (Å²) in [5.74, 6) is 0.713. The maximum atomic E-state index is 12.6. The lowest BCUT2D eigenvalue weighted by Crippen LogP contribution is -2.46. The van der Waals surface area contributed by atoms with Gasteiger partial charge in [-0.1, -0.05) is 18.2 Å². The molecule has 0 bridgehead atoms. The van der Waals surface area contributed by atoms with Gasteiger partial charge < -0.3 is 9.80 Å². The first-order valence-corrected chi connectivity index (χ1v) is 8.51. The van der Waals surface area contributed by atoms with Crippen LogP contribution in [0.4, 0.5) is 0 Å². The molecule has 4 heteroatoms. The van der Waals surface area contributed by atoms with Crippen LogP contribution in [0.5, 0.6) is 0 Å². The van der Waals surface area contributed by atoms with Crippen LogP contribution in [-0.2, 0) is 9.59 Å². The summed E-state index contributed by atoms with van der Waals surface area (Å²) in [5, 5.41) is 0. The van der Waals surface area contributed by atoms with E-state index < -0.39 is 0 Å². The first-order chi connectivity index (χ1) is 10.7. The van der Waals surface area contributed by atoms with Gasteiger partial charge in [0.1, 0.15) is 0 Å². The number of amides is 2. The Kier molecular flexibility index (Phi) is 4.37. The van der Waals surface area contributed by atoms with Crippen molar-refractivity contribution in [2.75, 3.05) is 19.6 Å². The molecule has 3 aliphatic rings. The standard InChI is InChI=1S/C18H26N2O2/c1-2-12-20-16(21)8-10-18(20)9-5-13-19(14-11-18)17(22)15-6-3-4-7-15/h2-4,15H,1,5-14H2/t18-/m0/s1. The zero-order chi connectivity index (χ0) is 15.6. The van der Waals surface area contributed by atoms with E-state index in [-0.39, 0.29) is 17.4 Å². The maximum absolute atomic E-state index is 12.6. The highest BCUT2D eigenvalue weighted by molar-refractivity contribution is 5.81. The Labute approximate surface area is 132 Å². The SMILES string of the molecule is C=CCN1C(=O)CC[C@]12CCCN(C(=O)C1CC=CC1)CC2. The first-order valence-electron chi connectivity index (χ1n) is 8.51. The smallest absolute Gasteiger partial charge is 0.226 e. The molecule has 120 valence electrons. The number of hydrogen-bond acceptors (Lipinski definition) is 2. The molecule has 0 saturated carbocycles. The number of carbonyl (C=O) groups excluding carboxylic acids is 2. The topological polar surface area (TPSA) is 40.6 Å². The molecule has 3 rings (SSSR count). The van der Waals surface area contributed by atoms with E-state index in [9.17, 15) is 9.59 Å². The Morgan fingerprint density at radius 2 is 2.05 bits per heavy atom. The van der Waals surface area contributed by atoms with Crippen LogP contribution < -0.4 is 0 Å². The minimum Gasteiger partial charge on any atom is -0.342 e. The largest absolute Gasteiger partial charge is 0.342 e. The molecule has 4 nitrogen and oxygen atoms in total. The van der Waals surface area contributed by atoms with Crippen molar-refractivity contribution in [3.8, 4) is 0 Å². The van der Waals surface area contributed by atoms with Crippen LogP contribution in [0.2, 0.25) is 0 Å². The molecule has 2 heterocycles. The predicted molar refractivity (Wildman–Crippen MR) is 86.2 cm³/mol. The Balaban J connectivity index is 1.67. The minimum atomic E-state index is -0.0335. The monoisotopic (exact) mass is 302 g/mol. The maximum Gasteiger partial charge on any atom is 0.226 e. The number of hydrogen-bond donors (Lipinski definition) is 0. The summed E-state index contributed by atoms with van der Waals surface area (Å²) in [6.07, 6.45) is 12.3. The van der Waals surface area contributed by atoms with Crippen molar-refractivity contribution < 1.29 is 9.59 Å². The van der Waals surface area contributed by atoms with E-state index in [4.69, 9.17) is 0 Å². The second-order valence-electron chi connectivity index (χ2n) is 6.84. The summed E-state index contributed by atoms with van der Waals surface area (Å²) < 4.78 is 0. The summed E-state index contributed by atoms with van der Waals surface area (Å²) >= 11 is 0. The highest BCUT2D eigenvalue weighted by atomic mass is 16.2. The highest BCUT2D eigenvalue weighted by Gasteiger charge is 2.45. The van der Waals surface area contributed by atoms with Crippen molar-refractivity contribution >= 4 is 11.8 Å². The van der Waals surface area contributed by atoms with Gasteiger partial charge >= 0.3 is 0 Å². The van der Waals surface area contributed by atoms with Crippen LogP contribution in [0.1, 0.15) is 44.9 Å². The molecule has 2 saturated heterocycles. The lowest BCUT2D eigenvalue weighted by atomic mass is 9.87. The predicted octanol–water partition coefficient (Wildman–Crippen LogP) is 2.51. The van der Waals surface area contributed by atoms with Gasteiger partial charge in [0.2, 0.25) is 11.8 Å². The molecule has 0 aromatic carbocycles. The normalized spacial score (nSPS) is 29.4. The fourth-order valence-electron chi connectivity index (χ4n) is 4.29. The third-order valence-corrected chi connectivity index (χ3v) is 5.58. The van der Waals surface area contributed by atoms with Crippen molar-refractivity contribution in [1.29, 1.82) is 0 Å². The minimum absolute atomic E-state index is 0.0335. The first kappa shape index (κ1) is 15.3. The van der Waals surface area contributed by atoms with E-state index in [2.05, 4.69) is 18.7 Å². The zero-order valence-electron chi connectivity index (χ0n) is 13.3. The lowest BCUT2D eigenvalue weighted by molar-refractivity contribution is -0.135. The van der Waals surface area contributed by atoms with Gasteiger partial charge in [0.25, 0.3) is 0 Å². The van der Waals surface area contributed by atoms with Crippen molar-refractivity contribution in [2.24, 2.45) is 5.92 Å². The van der Waals surface area contributed by atoms with E-state index in [0.29, 0.717) is 18.9 Å². The van der Waals surface area contributed by atoms with E-state index >= 15 is 0 Å². The number of allylic oxidation sites excluding steroid dienone is 2. The molecule has 0 N–H and O–H groups in total.